The minimum absolute atomic E-state index is 0.229. The van der Waals surface area contributed by atoms with Gasteiger partial charge in [0.15, 0.2) is 17.2 Å². The normalized spacial score (nSPS) is 10.1. The number of thiazole rings is 1. The smallest absolute Gasteiger partial charge is 0.363 e. The molecule has 124 valence electrons. The van der Waals surface area contributed by atoms with Crippen LogP contribution in [0.5, 0.6) is 11.5 Å². The van der Waals surface area contributed by atoms with E-state index in [-0.39, 0.29) is 11.4 Å². The molecule has 0 unspecified atom stereocenters. The summed E-state index contributed by atoms with van der Waals surface area (Å²) in [6.07, 6.45) is 0. The summed E-state index contributed by atoms with van der Waals surface area (Å²) >= 11 is 1.38. The van der Waals surface area contributed by atoms with Crippen LogP contribution in [0.4, 0.5) is 0 Å². The third-order valence-electron chi connectivity index (χ3n) is 3.51. The maximum absolute atomic E-state index is 12.3. The van der Waals surface area contributed by atoms with Crippen LogP contribution in [0, 0.1) is 18.3 Å². The Morgan fingerprint density at radius 1 is 1.16 bits per heavy atom. The summed E-state index contributed by atoms with van der Waals surface area (Å²) in [7, 11) is 1.45. The van der Waals surface area contributed by atoms with E-state index in [2.05, 4.69) is 4.98 Å². The molecule has 0 radical (unpaired) electrons. The predicted molar refractivity (Wildman–Crippen MR) is 95.0 cm³/mol. The monoisotopic (exact) mass is 350 g/mol. The van der Waals surface area contributed by atoms with Crippen molar-refractivity contribution in [3.8, 4) is 28.1 Å². The van der Waals surface area contributed by atoms with Gasteiger partial charge in [0.2, 0.25) is 0 Å². The van der Waals surface area contributed by atoms with Crippen molar-refractivity contribution in [3.05, 3.63) is 64.7 Å². The van der Waals surface area contributed by atoms with Crippen molar-refractivity contribution in [3.63, 3.8) is 0 Å². The van der Waals surface area contributed by atoms with Gasteiger partial charge >= 0.3 is 5.97 Å². The zero-order valence-electron chi connectivity index (χ0n) is 13.6. The van der Waals surface area contributed by atoms with Crippen molar-refractivity contribution in [2.45, 2.75) is 6.92 Å². The summed E-state index contributed by atoms with van der Waals surface area (Å²) in [6.45, 7) is 2.01. The van der Waals surface area contributed by atoms with E-state index in [1.165, 1.54) is 30.6 Å². The lowest BCUT2D eigenvalue weighted by atomic mass is 10.2. The van der Waals surface area contributed by atoms with Gasteiger partial charge in [0, 0.05) is 17.0 Å². The lowest BCUT2D eigenvalue weighted by molar-refractivity contribution is 0.0724. The first-order valence-electron chi connectivity index (χ1n) is 7.43. The topological polar surface area (TPSA) is 72.2 Å². The fourth-order valence-electron chi connectivity index (χ4n) is 2.17. The fraction of sp³-hybridized carbons (Fsp3) is 0.105. The zero-order valence-corrected chi connectivity index (χ0v) is 14.5. The molecule has 3 aromatic rings. The van der Waals surface area contributed by atoms with Crippen LogP contribution >= 0.6 is 11.3 Å². The molecule has 1 heterocycles. The number of benzene rings is 2. The van der Waals surface area contributed by atoms with E-state index in [9.17, 15) is 4.79 Å². The summed E-state index contributed by atoms with van der Waals surface area (Å²) in [5.41, 5.74) is 2.76. The van der Waals surface area contributed by atoms with Crippen molar-refractivity contribution in [1.29, 1.82) is 5.26 Å². The first kappa shape index (κ1) is 16.7. The van der Waals surface area contributed by atoms with Crippen molar-refractivity contribution >= 4 is 17.3 Å². The molecule has 5 nitrogen and oxygen atoms in total. The van der Waals surface area contributed by atoms with Crippen LogP contribution in [0.2, 0.25) is 0 Å². The lowest BCUT2D eigenvalue weighted by Gasteiger charge is -2.08. The van der Waals surface area contributed by atoms with Gasteiger partial charge in [-0.15, -0.1) is 11.3 Å². The third-order valence-corrected chi connectivity index (χ3v) is 4.40. The van der Waals surface area contributed by atoms with Gasteiger partial charge in [0.05, 0.1) is 18.7 Å². The Hall–Kier alpha value is -3.17. The van der Waals surface area contributed by atoms with Crippen molar-refractivity contribution in [1.82, 2.24) is 4.98 Å². The number of hydrogen-bond acceptors (Lipinski definition) is 6. The third kappa shape index (κ3) is 3.67. The fourth-order valence-corrected chi connectivity index (χ4v) is 2.97. The molecule has 0 bridgehead atoms. The Morgan fingerprint density at radius 2 is 1.92 bits per heavy atom. The minimum atomic E-state index is -0.572. The number of nitrogens with zero attached hydrogens (tertiary/aromatic N) is 2. The Morgan fingerprint density at radius 3 is 2.60 bits per heavy atom. The number of carbonyl (C=O) groups excluding carboxylic acids is 1. The highest BCUT2D eigenvalue weighted by Crippen LogP contribution is 2.29. The van der Waals surface area contributed by atoms with Gasteiger partial charge < -0.3 is 9.47 Å². The van der Waals surface area contributed by atoms with Crippen LogP contribution in [0.25, 0.3) is 10.6 Å². The summed E-state index contributed by atoms with van der Waals surface area (Å²) in [5, 5.41) is 11.3. The highest BCUT2D eigenvalue weighted by molar-refractivity contribution is 7.13. The number of aryl methyl sites for hydroxylation is 1. The molecule has 0 N–H and O–H groups in total. The Labute approximate surface area is 149 Å². The zero-order chi connectivity index (χ0) is 17.8. The molecule has 0 aliphatic rings. The first-order chi connectivity index (χ1) is 12.1. The van der Waals surface area contributed by atoms with E-state index in [0.29, 0.717) is 11.3 Å². The second-order valence-corrected chi connectivity index (χ2v) is 6.13. The molecule has 0 amide bonds. The molecule has 2 aromatic carbocycles. The van der Waals surface area contributed by atoms with Crippen molar-refractivity contribution < 1.29 is 14.3 Å². The summed E-state index contributed by atoms with van der Waals surface area (Å²) < 4.78 is 10.5. The Balaban J connectivity index is 1.81. The SMILES string of the molecule is COc1cc(C#N)ccc1OC(=O)c1csc(-c2ccc(C)cc2)n1. The molecule has 0 aliphatic carbocycles. The molecule has 0 fully saturated rings. The number of ether oxygens (including phenoxy) is 2. The minimum Gasteiger partial charge on any atom is -0.493 e. The van der Waals surface area contributed by atoms with E-state index in [1.807, 2.05) is 37.3 Å². The lowest BCUT2D eigenvalue weighted by Crippen LogP contribution is -2.09. The quantitative estimate of drug-likeness (QED) is 0.520. The highest BCUT2D eigenvalue weighted by atomic mass is 32.1. The number of nitriles is 1. The van der Waals surface area contributed by atoms with Crippen molar-refractivity contribution in [2.24, 2.45) is 0 Å². The van der Waals surface area contributed by atoms with Gasteiger partial charge in [-0.05, 0) is 19.1 Å². The molecule has 0 aliphatic heterocycles. The van der Waals surface area contributed by atoms with Crippen LogP contribution < -0.4 is 9.47 Å². The van der Waals surface area contributed by atoms with Crippen LogP contribution in [-0.4, -0.2) is 18.1 Å². The van der Waals surface area contributed by atoms with Gasteiger partial charge in [0.25, 0.3) is 0 Å². The molecular formula is C19H14N2O3S. The first-order valence-corrected chi connectivity index (χ1v) is 8.31. The maximum Gasteiger partial charge on any atom is 0.363 e. The Kier molecular flexibility index (Phi) is 4.78. The molecule has 6 heteroatoms. The van der Waals surface area contributed by atoms with E-state index in [1.54, 1.807) is 11.4 Å². The van der Waals surface area contributed by atoms with Gasteiger partial charge in [0.1, 0.15) is 5.01 Å². The molecular weight excluding hydrogens is 336 g/mol. The number of carbonyl (C=O) groups is 1. The van der Waals surface area contributed by atoms with Crippen LogP contribution in [0.1, 0.15) is 21.6 Å². The molecule has 25 heavy (non-hydrogen) atoms. The largest absolute Gasteiger partial charge is 0.493 e. The Bertz CT molecular complexity index is 956. The van der Waals surface area contributed by atoms with Gasteiger partial charge in [-0.3, -0.25) is 0 Å². The molecule has 1 aromatic heterocycles. The number of aromatic nitrogens is 1. The van der Waals surface area contributed by atoms with Crippen molar-refractivity contribution in [2.75, 3.05) is 7.11 Å². The second-order valence-electron chi connectivity index (χ2n) is 5.27. The van der Waals surface area contributed by atoms with E-state index < -0.39 is 5.97 Å². The molecule has 0 saturated heterocycles. The number of esters is 1. The predicted octanol–water partition coefficient (Wildman–Crippen LogP) is 4.22. The molecule has 3 rings (SSSR count). The second kappa shape index (κ2) is 7.16. The van der Waals surface area contributed by atoms with E-state index in [0.717, 1.165) is 16.1 Å². The van der Waals surface area contributed by atoms with Crippen LogP contribution in [-0.2, 0) is 0 Å². The number of hydrogen-bond donors (Lipinski definition) is 0. The van der Waals surface area contributed by atoms with E-state index >= 15 is 0 Å². The van der Waals surface area contributed by atoms with Crippen LogP contribution in [0.15, 0.2) is 47.8 Å². The highest BCUT2D eigenvalue weighted by Gasteiger charge is 2.16. The molecule has 0 atom stereocenters. The summed E-state index contributed by atoms with van der Waals surface area (Å²) in [6, 6.07) is 14.5. The average molecular weight is 350 g/mol. The standard InChI is InChI=1S/C19H14N2O3S/c1-12-3-6-14(7-4-12)18-21-15(11-25-18)19(22)24-16-8-5-13(10-20)9-17(16)23-2/h3-9,11H,1-2H3. The average Bonchev–Trinajstić information content (AvgIpc) is 3.13. The molecule has 0 saturated carbocycles. The van der Waals surface area contributed by atoms with E-state index in [4.69, 9.17) is 14.7 Å². The number of methoxy groups -OCH3 is 1. The molecule has 0 spiro atoms. The van der Waals surface area contributed by atoms with Crippen LogP contribution in [0.3, 0.4) is 0 Å². The van der Waals surface area contributed by atoms with Gasteiger partial charge in [-0.25, -0.2) is 9.78 Å². The van der Waals surface area contributed by atoms with Gasteiger partial charge in [-0.1, -0.05) is 29.8 Å². The summed E-state index contributed by atoms with van der Waals surface area (Å²) in [5.74, 6) is -0.00427. The summed E-state index contributed by atoms with van der Waals surface area (Å²) in [4.78, 5) is 16.7. The maximum atomic E-state index is 12.3. The van der Waals surface area contributed by atoms with Gasteiger partial charge in [-0.2, -0.15) is 5.26 Å². The number of rotatable bonds is 4.